The molecule has 3 aliphatic heterocycles. The lowest BCUT2D eigenvalue weighted by Crippen LogP contribution is -2.51. The van der Waals surface area contributed by atoms with Crippen LogP contribution in [0.15, 0.2) is 18.3 Å². The SMILES string of the molecule is CC1(C2CCN(C(=O)N[C@H]3CCOC3)CC2)[C@H](O)c2cc(Cl)cc3cnn1c23. The first-order chi connectivity index (χ1) is 13.5. The number of likely N-dealkylation sites (tertiary alicyclic amines) is 1. The Kier molecular flexibility index (Phi) is 4.30. The molecule has 2 N–H and O–H groups in total. The van der Waals surface area contributed by atoms with Crippen LogP contribution in [0.2, 0.25) is 5.02 Å². The minimum Gasteiger partial charge on any atom is -0.386 e. The topological polar surface area (TPSA) is 79.6 Å². The van der Waals surface area contributed by atoms with E-state index in [1.54, 1.807) is 0 Å². The summed E-state index contributed by atoms with van der Waals surface area (Å²) in [6.45, 7) is 4.74. The van der Waals surface area contributed by atoms with E-state index in [4.69, 9.17) is 16.3 Å². The second-order valence-electron chi connectivity index (χ2n) is 8.39. The maximum atomic E-state index is 12.5. The fraction of sp³-hybridized carbons (Fsp3) is 0.600. The fourth-order valence-corrected chi connectivity index (χ4v) is 5.38. The summed E-state index contributed by atoms with van der Waals surface area (Å²) in [5, 5.41) is 20.4. The van der Waals surface area contributed by atoms with E-state index in [1.165, 1.54) is 0 Å². The van der Waals surface area contributed by atoms with Gasteiger partial charge in [-0.15, -0.1) is 0 Å². The van der Waals surface area contributed by atoms with Crippen LogP contribution >= 0.6 is 11.6 Å². The molecule has 3 aliphatic rings. The van der Waals surface area contributed by atoms with Gasteiger partial charge in [-0.05, 0) is 44.2 Å². The number of aliphatic hydroxyl groups is 1. The summed E-state index contributed by atoms with van der Waals surface area (Å²) in [6.07, 6.45) is 3.69. The number of carbonyl (C=O) groups is 1. The van der Waals surface area contributed by atoms with Crippen LogP contribution < -0.4 is 5.32 Å². The highest BCUT2D eigenvalue weighted by Gasteiger charge is 2.50. The van der Waals surface area contributed by atoms with E-state index in [9.17, 15) is 9.90 Å². The number of nitrogens with zero attached hydrogens (tertiary/aromatic N) is 3. The van der Waals surface area contributed by atoms with Crippen molar-refractivity contribution in [2.75, 3.05) is 26.3 Å². The monoisotopic (exact) mass is 404 g/mol. The van der Waals surface area contributed by atoms with Gasteiger partial charge in [-0.25, -0.2) is 4.79 Å². The zero-order valence-electron chi connectivity index (χ0n) is 15.9. The zero-order valence-corrected chi connectivity index (χ0v) is 16.7. The largest absolute Gasteiger partial charge is 0.386 e. The lowest BCUT2D eigenvalue weighted by atomic mass is 9.75. The van der Waals surface area contributed by atoms with E-state index < -0.39 is 11.6 Å². The third-order valence-corrected chi connectivity index (χ3v) is 7.05. The zero-order chi connectivity index (χ0) is 19.5. The third-order valence-electron chi connectivity index (χ3n) is 6.83. The maximum Gasteiger partial charge on any atom is 0.317 e. The number of aliphatic hydroxyl groups excluding tert-OH is 1. The van der Waals surface area contributed by atoms with Gasteiger partial charge in [0.05, 0.1) is 29.9 Å². The number of rotatable bonds is 2. The lowest BCUT2D eigenvalue weighted by molar-refractivity contribution is -0.0117. The molecule has 3 atom stereocenters. The predicted octanol–water partition coefficient (Wildman–Crippen LogP) is 2.66. The molecule has 0 saturated carbocycles. The van der Waals surface area contributed by atoms with Gasteiger partial charge in [-0.3, -0.25) is 4.68 Å². The molecule has 2 saturated heterocycles. The van der Waals surface area contributed by atoms with Crippen LogP contribution in [-0.4, -0.2) is 58.2 Å². The van der Waals surface area contributed by atoms with Crippen LogP contribution in [0, 0.1) is 5.92 Å². The number of carbonyl (C=O) groups excluding carboxylic acids is 1. The summed E-state index contributed by atoms with van der Waals surface area (Å²) in [6, 6.07) is 3.85. The molecule has 1 aromatic heterocycles. The molecule has 1 aromatic carbocycles. The molecule has 4 heterocycles. The molecule has 0 spiro atoms. The van der Waals surface area contributed by atoms with Gasteiger partial charge in [0.1, 0.15) is 6.10 Å². The highest BCUT2D eigenvalue weighted by molar-refractivity contribution is 6.31. The van der Waals surface area contributed by atoms with Gasteiger partial charge in [0, 0.05) is 35.7 Å². The molecule has 7 nitrogen and oxygen atoms in total. The van der Waals surface area contributed by atoms with Gasteiger partial charge in [0.15, 0.2) is 0 Å². The van der Waals surface area contributed by atoms with Gasteiger partial charge in [0.2, 0.25) is 0 Å². The van der Waals surface area contributed by atoms with E-state index >= 15 is 0 Å². The van der Waals surface area contributed by atoms with Gasteiger partial charge < -0.3 is 20.1 Å². The Labute approximate surface area is 168 Å². The van der Waals surface area contributed by atoms with Crippen molar-refractivity contribution in [3.05, 3.63) is 28.9 Å². The van der Waals surface area contributed by atoms with Gasteiger partial charge in [-0.2, -0.15) is 5.10 Å². The van der Waals surface area contributed by atoms with E-state index in [1.807, 2.05) is 27.9 Å². The molecule has 0 radical (unpaired) electrons. The first kappa shape index (κ1) is 18.2. The van der Waals surface area contributed by atoms with Crippen molar-refractivity contribution in [2.24, 2.45) is 5.92 Å². The van der Waals surface area contributed by atoms with Crippen molar-refractivity contribution in [1.82, 2.24) is 20.0 Å². The Morgan fingerprint density at radius 2 is 2.14 bits per heavy atom. The maximum absolute atomic E-state index is 12.5. The van der Waals surface area contributed by atoms with Crippen LogP contribution in [0.3, 0.4) is 0 Å². The number of hydrogen-bond acceptors (Lipinski definition) is 4. The smallest absolute Gasteiger partial charge is 0.317 e. The summed E-state index contributed by atoms with van der Waals surface area (Å²) in [4.78, 5) is 14.4. The van der Waals surface area contributed by atoms with Crippen molar-refractivity contribution in [3.8, 4) is 0 Å². The number of halogens is 1. The quantitative estimate of drug-likeness (QED) is 0.806. The molecule has 28 heavy (non-hydrogen) atoms. The second-order valence-corrected chi connectivity index (χ2v) is 8.83. The number of nitrogens with one attached hydrogen (secondary N) is 1. The Morgan fingerprint density at radius 3 is 2.86 bits per heavy atom. The van der Waals surface area contributed by atoms with Crippen LogP contribution in [0.5, 0.6) is 0 Å². The molecule has 2 fully saturated rings. The van der Waals surface area contributed by atoms with Crippen molar-refractivity contribution in [3.63, 3.8) is 0 Å². The van der Waals surface area contributed by atoms with Crippen LogP contribution in [-0.2, 0) is 10.3 Å². The molecular formula is C20H25ClN4O3. The molecular weight excluding hydrogens is 380 g/mol. The Bertz CT molecular complexity index is 918. The number of hydrogen-bond donors (Lipinski definition) is 2. The van der Waals surface area contributed by atoms with Crippen LogP contribution in [0.4, 0.5) is 4.79 Å². The average molecular weight is 405 g/mol. The highest BCUT2D eigenvalue weighted by Crippen LogP contribution is 2.51. The average Bonchev–Trinajstić information content (AvgIpc) is 3.40. The van der Waals surface area contributed by atoms with E-state index in [2.05, 4.69) is 17.3 Å². The number of amides is 2. The van der Waals surface area contributed by atoms with E-state index in [0.29, 0.717) is 31.3 Å². The van der Waals surface area contributed by atoms with Gasteiger partial charge >= 0.3 is 6.03 Å². The lowest BCUT2D eigenvalue weighted by Gasteiger charge is -2.43. The number of aromatic nitrogens is 2. The highest BCUT2D eigenvalue weighted by atomic mass is 35.5. The minimum atomic E-state index is -0.654. The Balaban J connectivity index is 1.33. The normalized spacial score (nSPS) is 30.3. The van der Waals surface area contributed by atoms with Gasteiger partial charge in [0.25, 0.3) is 0 Å². The van der Waals surface area contributed by atoms with E-state index in [-0.39, 0.29) is 18.0 Å². The molecule has 5 rings (SSSR count). The molecule has 1 unspecified atom stereocenters. The first-order valence-electron chi connectivity index (χ1n) is 9.97. The summed E-state index contributed by atoms with van der Waals surface area (Å²) in [5.74, 6) is 0.218. The number of benzene rings is 1. The summed E-state index contributed by atoms with van der Waals surface area (Å²) < 4.78 is 7.31. The summed E-state index contributed by atoms with van der Waals surface area (Å²) in [5.41, 5.74) is 1.29. The predicted molar refractivity (Wildman–Crippen MR) is 105 cm³/mol. The molecule has 150 valence electrons. The summed E-state index contributed by atoms with van der Waals surface area (Å²) >= 11 is 6.24. The van der Waals surface area contributed by atoms with Gasteiger partial charge in [-0.1, -0.05) is 11.6 Å². The second kappa shape index (κ2) is 6.61. The van der Waals surface area contributed by atoms with Crippen LogP contribution in [0.25, 0.3) is 10.9 Å². The fourth-order valence-electron chi connectivity index (χ4n) is 5.14. The van der Waals surface area contributed by atoms with Crippen molar-refractivity contribution < 1.29 is 14.6 Å². The first-order valence-corrected chi connectivity index (χ1v) is 10.3. The third kappa shape index (κ3) is 2.64. The molecule has 2 amide bonds. The van der Waals surface area contributed by atoms with Crippen molar-refractivity contribution >= 4 is 28.5 Å². The van der Waals surface area contributed by atoms with E-state index in [0.717, 1.165) is 35.7 Å². The number of ether oxygens (including phenoxy) is 1. The molecule has 8 heteroatoms. The van der Waals surface area contributed by atoms with Crippen LogP contribution in [0.1, 0.15) is 37.9 Å². The van der Waals surface area contributed by atoms with Crippen molar-refractivity contribution in [1.29, 1.82) is 0 Å². The minimum absolute atomic E-state index is 0.0115. The Morgan fingerprint density at radius 1 is 1.36 bits per heavy atom. The number of urea groups is 1. The Hall–Kier alpha value is -1.83. The molecule has 0 aliphatic carbocycles. The molecule has 0 bridgehead atoms. The standard InChI is InChI=1S/C20H25ClN4O3/c1-20(18(26)16-9-14(21)8-12-10-22-25(20)17(12)16)13-2-5-24(6-3-13)19(27)23-15-4-7-28-11-15/h8-10,13,15,18,26H,2-7,11H2,1H3,(H,23,27)/t15-,18+,20?/m0/s1. The molecule has 2 aromatic rings. The number of piperidine rings is 1. The summed E-state index contributed by atoms with van der Waals surface area (Å²) in [7, 11) is 0. The van der Waals surface area contributed by atoms with Crippen molar-refractivity contribution in [2.45, 2.75) is 43.9 Å².